The number of allylic oxidation sites excluding steroid dienone is 6. The molecule has 0 radical (unpaired) electrons. The van der Waals surface area contributed by atoms with E-state index in [9.17, 15) is 9.59 Å². The number of ketones is 1. The van der Waals surface area contributed by atoms with E-state index >= 15 is 0 Å². The van der Waals surface area contributed by atoms with Gasteiger partial charge in [-0.3, -0.25) is 4.79 Å². The molecule has 146 valence electrons. The molecule has 3 nitrogen and oxygen atoms in total. The third-order valence-electron chi connectivity index (χ3n) is 7.70. The highest BCUT2D eigenvalue weighted by molar-refractivity contribution is 6.04. The number of carbonyl (C=O) groups excluding carboxylic acids is 1. The van der Waals surface area contributed by atoms with Crippen LogP contribution in [0.5, 0.6) is 0 Å². The molecular formula is C25H28O3. The molecule has 0 amide bonds. The molecule has 1 aromatic carbocycles. The number of rotatable bonds is 3. The van der Waals surface area contributed by atoms with Crippen LogP contribution in [0.3, 0.4) is 0 Å². The molecule has 0 saturated heterocycles. The van der Waals surface area contributed by atoms with Crippen LogP contribution in [0.25, 0.3) is 0 Å². The van der Waals surface area contributed by atoms with Crippen LogP contribution in [0, 0.1) is 22.7 Å². The molecule has 1 N–H and O–H groups in total. The predicted molar refractivity (Wildman–Crippen MR) is 110 cm³/mol. The summed E-state index contributed by atoms with van der Waals surface area (Å²) in [6.07, 6.45) is 9.17. The summed E-state index contributed by atoms with van der Waals surface area (Å²) in [5, 5.41) is 9.12. The predicted octanol–water partition coefficient (Wildman–Crippen LogP) is 5.38. The van der Waals surface area contributed by atoms with Gasteiger partial charge in [-0.1, -0.05) is 58.1 Å². The molecule has 0 aliphatic heterocycles. The van der Waals surface area contributed by atoms with Crippen molar-refractivity contribution >= 4 is 11.8 Å². The van der Waals surface area contributed by atoms with Gasteiger partial charge in [0.1, 0.15) is 0 Å². The normalized spacial score (nSPS) is 33.3. The summed E-state index contributed by atoms with van der Waals surface area (Å²) in [4.78, 5) is 24.5. The van der Waals surface area contributed by atoms with Gasteiger partial charge in [-0.25, -0.2) is 4.79 Å². The van der Waals surface area contributed by atoms with Gasteiger partial charge in [0.05, 0.1) is 5.56 Å². The first-order valence-corrected chi connectivity index (χ1v) is 10.2. The lowest BCUT2D eigenvalue weighted by atomic mass is 9.66. The molecule has 3 aliphatic rings. The molecular weight excluding hydrogens is 348 g/mol. The van der Waals surface area contributed by atoms with Crippen molar-refractivity contribution in [1.82, 2.24) is 0 Å². The number of fused-ring (bicyclic) bond motifs is 2. The van der Waals surface area contributed by atoms with Crippen LogP contribution < -0.4 is 0 Å². The second-order valence-electron chi connectivity index (χ2n) is 9.34. The minimum Gasteiger partial charge on any atom is -0.478 e. The Hall–Kier alpha value is -2.42. The third kappa shape index (κ3) is 2.56. The minimum absolute atomic E-state index is 0.00153. The highest BCUT2D eigenvalue weighted by Crippen LogP contribution is 2.67. The monoisotopic (exact) mass is 376 g/mol. The Morgan fingerprint density at radius 1 is 1.18 bits per heavy atom. The van der Waals surface area contributed by atoms with Crippen molar-refractivity contribution in [1.29, 1.82) is 0 Å². The van der Waals surface area contributed by atoms with E-state index < -0.39 is 5.97 Å². The van der Waals surface area contributed by atoms with Crippen LogP contribution in [0.1, 0.15) is 56.5 Å². The summed E-state index contributed by atoms with van der Waals surface area (Å²) in [5.74, 6) is -0.216. The van der Waals surface area contributed by atoms with E-state index in [-0.39, 0.29) is 22.7 Å². The molecule has 4 rings (SSSR count). The minimum atomic E-state index is -0.912. The maximum absolute atomic E-state index is 13.4. The fraction of sp³-hybridized carbons (Fsp3) is 0.440. The Balaban J connectivity index is 1.77. The Morgan fingerprint density at radius 3 is 2.43 bits per heavy atom. The van der Waals surface area contributed by atoms with Crippen molar-refractivity contribution in [2.24, 2.45) is 22.7 Å². The van der Waals surface area contributed by atoms with Crippen LogP contribution in [0.15, 0.2) is 59.2 Å². The number of carboxylic acid groups (broad SMARTS) is 1. The van der Waals surface area contributed by atoms with Crippen LogP contribution in [-0.2, 0) is 11.2 Å². The van der Waals surface area contributed by atoms with Crippen LogP contribution >= 0.6 is 0 Å². The van der Waals surface area contributed by atoms with Crippen LogP contribution in [0.2, 0.25) is 0 Å². The highest BCUT2D eigenvalue weighted by Gasteiger charge is 2.64. The molecule has 28 heavy (non-hydrogen) atoms. The van der Waals surface area contributed by atoms with Crippen molar-refractivity contribution in [2.75, 3.05) is 0 Å². The number of benzene rings is 1. The lowest BCUT2D eigenvalue weighted by Gasteiger charge is -2.37. The zero-order valence-corrected chi connectivity index (χ0v) is 17.1. The van der Waals surface area contributed by atoms with Crippen molar-refractivity contribution in [3.8, 4) is 0 Å². The average molecular weight is 376 g/mol. The number of hydrogen-bond acceptors (Lipinski definition) is 2. The highest BCUT2D eigenvalue weighted by atomic mass is 16.4. The SMILES string of the molecule is CC1C=CC=C(Cc2ccc(C(=O)O)cc2)C1=C1C(=O)C2CCC1(C)C2(C)C. The van der Waals surface area contributed by atoms with E-state index in [0.29, 0.717) is 17.8 Å². The number of aromatic carboxylic acids is 1. The van der Waals surface area contributed by atoms with E-state index in [2.05, 4.69) is 45.9 Å². The Morgan fingerprint density at radius 2 is 1.86 bits per heavy atom. The van der Waals surface area contributed by atoms with Gasteiger partial charge in [-0.15, -0.1) is 0 Å². The fourth-order valence-corrected chi connectivity index (χ4v) is 5.63. The summed E-state index contributed by atoms with van der Waals surface area (Å²) in [5.41, 5.74) is 4.73. The maximum Gasteiger partial charge on any atom is 0.335 e. The van der Waals surface area contributed by atoms with Gasteiger partial charge in [0.15, 0.2) is 5.78 Å². The van der Waals surface area contributed by atoms with E-state index in [4.69, 9.17) is 5.11 Å². The number of carboxylic acids is 1. The van der Waals surface area contributed by atoms with Gasteiger partial charge in [0, 0.05) is 16.9 Å². The van der Waals surface area contributed by atoms with Gasteiger partial charge in [0.2, 0.25) is 0 Å². The molecule has 1 aromatic rings. The van der Waals surface area contributed by atoms with Crippen molar-refractivity contribution in [3.63, 3.8) is 0 Å². The standard InChI is InChI=1S/C25H28O3/c1-15-6-5-7-18(14-16-8-10-17(11-9-16)23(27)28)20(15)21-22(26)19-12-13-25(21,4)24(19,2)3/h5-11,15,19H,12-14H2,1-4H3,(H,27,28). The van der Waals surface area contributed by atoms with Gasteiger partial charge < -0.3 is 5.11 Å². The molecule has 2 fully saturated rings. The number of carbonyl (C=O) groups is 2. The Kier molecular flexibility index (Phi) is 4.26. The largest absolute Gasteiger partial charge is 0.478 e. The molecule has 3 atom stereocenters. The number of Topliss-reactive ketones (excluding diaryl/α,β-unsaturated/α-hetero) is 1. The van der Waals surface area contributed by atoms with Gasteiger partial charge in [-0.05, 0) is 59.4 Å². The zero-order chi connectivity index (χ0) is 20.3. The van der Waals surface area contributed by atoms with E-state index in [1.54, 1.807) is 12.1 Å². The third-order valence-corrected chi connectivity index (χ3v) is 7.70. The average Bonchev–Trinajstić information content (AvgIpc) is 2.95. The van der Waals surface area contributed by atoms with Gasteiger partial charge in [0.25, 0.3) is 0 Å². The molecule has 0 spiro atoms. The molecule has 0 aromatic heterocycles. The Labute approximate surface area is 166 Å². The van der Waals surface area contributed by atoms with Gasteiger partial charge >= 0.3 is 5.97 Å². The van der Waals surface area contributed by atoms with Crippen molar-refractivity contribution in [2.45, 2.75) is 47.0 Å². The molecule has 0 heterocycles. The quantitative estimate of drug-likeness (QED) is 0.721. The smallest absolute Gasteiger partial charge is 0.335 e. The van der Waals surface area contributed by atoms with Crippen LogP contribution in [-0.4, -0.2) is 16.9 Å². The zero-order valence-electron chi connectivity index (χ0n) is 17.1. The van der Waals surface area contributed by atoms with Crippen molar-refractivity contribution < 1.29 is 14.7 Å². The lowest BCUT2D eigenvalue weighted by molar-refractivity contribution is -0.119. The second-order valence-corrected chi connectivity index (χ2v) is 9.34. The lowest BCUT2D eigenvalue weighted by Crippen LogP contribution is -2.30. The van der Waals surface area contributed by atoms with Crippen molar-refractivity contribution in [3.05, 3.63) is 70.3 Å². The van der Waals surface area contributed by atoms with E-state index in [0.717, 1.165) is 24.0 Å². The first-order valence-electron chi connectivity index (χ1n) is 10.2. The summed E-state index contributed by atoms with van der Waals surface area (Å²) in [7, 11) is 0. The first kappa shape index (κ1) is 18.9. The molecule has 3 aliphatic carbocycles. The molecule has 2 saturated carbocycles. The summed E-state index contributed by atoms with van der Waals surface area (Å²) in [6, 6.07) is 7.06. The van der Waals surface area contributed by atoms with Crippen LogP contribution in [0.4, 0.5) is 0 Å². The molecule has 3 unspecified atom stereocenters. The second kappa shape index (κ2) is 6.30. The first-order chi connectivity index (χ1) is 13.2. The molecule has 3 heteroatoms. The summed E-state index contributed by atoms with van der Waals surface area (Å²) in [6.45, 7) is 8.97. The van der Waals surface area contributed by atoms with E-state index in [1.807, 2.05) is 12.1 Å². The van der Waals surface area contributed by atoms with E-state index in [1.165, 1.54) is 11.1 Å². The molecule has 2 bridgehead atoms. The Bertz CT molecular complexity index is 943. The summed E-state index contributed by atoms with van der Waals surface area (Å²) >= 11 is 0. The van der Waals surface area contributed by atoms with Gasteiger partial charge in [-0.2, -0.15) is 0 Å². The topological polar surface area (TPSA) is 54.4 Å². The summed E-state index contributed by atoms with van der Waals surface area (Å²) < 4.78 is 0. The maximum atomic E-state index is 13.4. The fourth-order valence-electron chi connectivity index (χ4n) is 5.63. The number of hydrogen-bond donors (Lipinski definition) is 1.